The lowest BCUT2D eigenvalue weighted by Gasteiger charge is -2.24. The molecule has 1 amide bonds. The highest BCUT2D eigenvalue weighted by Gasteiger charge is 2.15. The summed E-state index contributed by atoms with van der Waals surface area (Å²) in [5, 5.41) is 8.80. The maximum Gasteiger partial charge on any atom is 0.275 e. The second-order valence-electron chi connectivity index (χ2n) is 4.89. The van der Waals surface area contributed by atoms with Gasteiger partial charge in [0.1, 0.15) is 5.69 Å². The molecule has 2 N–H and O–H groups in total. The van der Waals surface area contributed by atoms with Crippen LogP contribution in [0.5, 0.6) is 0 Å². The molecule has 0 aliphatic carbocycles. The minimum atomic E-state index is -0.178. The minimum Gasteiger partial charge on any atom is -0.371 e. The van der Waals surface area contributed by atoms with Gasteiger partial charge in [-0.3, -0.25) is 4.79 Å². The molecule has 0 radical (unpaired) electrons. The summed E-state index contributed by atoms with van der Waals surface area (Å²) in [5.41, 5.74) is 2.34. The number of rotatable bonds is 3. The van der Waals surface area contributed by atoms with E-state index in [1.54, 1.807) is 5.38 Å². The SMILES string of the molecule is Cc1nc(C(=O)Nc2ccc([C@@H]3CNCCO3)cc2)cs1.Cl. The van der Waals surface area contributed by atoms with Crippen LogP contribution in [0.4, 0.5) is 5.69 Å². The zero-order chi connectivity index (χ0) is 14.7. The fraction of sp³-hybridized carbons (Fsp3) is 0.333. The third-order valence-electron chi connectivity index (χ3n) is 3.32. The molecule has 0 saturated carbocycles. The lowest BCUT2D eigenvalue weighted by molar-refractivity contribution is 0.0277. The molecule has 1 fully saturated rings. The van der Waals surface area contributed by atoms with E-state index in [1.807, 2.05) is 31.2 Å². The van der Waals surface area contributed by atoms with Gasteiger partial charge in [0.25, 0.3) is 5.91 Å². The number of nitrogens with zero attached hydrogens (tertiary/aromatic N) is 1. The summed E-state index contributed by atoms with van der Waals surface area (Å²) in [4.78, 5) is 16.2. The Balaban J connectivity index is 0.00000176. The van der Waals surface area contributed by atoms with Gasteiger partial charge in [-0.25, -0.2) is 4.98 Å². The van der Waals surface area contributed by atoms with Gasteiger partial charge in [0.2, 0.25) is 0 Å². The van der Waals surface area contributed by atoms with E-state index in [2.05, 4.69) is 15.6 Å². The van der Waals surface area contributed by atoms with Gasteiger partial charge in [-0.15, -0.1) is 23.7 Å². The van der Waals surface area contributed by atoms with Crippen LogP contribution in [0.25, 0.3) is 0 Å². The fourth-order valence-electron chi connectivity index (χ4n) is 2.22. The molecule has 1 aromatic heterocycles. The number of carbonyl (C=O) groups is 1. The molecular formula is C15H18ClN3O2S. The van der Waals surface area contributed by atoms with Gasteiger partial charge in [-0.1, -0.05) is 12.1 Å². The van der Waals surface area contributed by atoms with Crippen LogP contribution >= 0.6 is 23.7 Å². The summed E-state index contributed by atoms with van der Waals surface area (Å²) < 4.78 is 5.70. The molecule has 7 heteroatoms. The van der Waals surface area contributed by atoms with Crippen LogP contribution < -0.4 is 10.6 Å². The van der Waals surface area contributed by atoms with Crippen molar-refractivity contribution in [2.75, 3.05) is 25.0 Å². The van der Waals surface area contributed by atoms with E-state index in [0.29, 0.717) is 5.69 Å². The largest absolute Gasteiger partial charge is 0.371 e. The number of nitrogens with one attached hydrogen (secondary N) is 2. The Bertz CT molecular complexity index is 624. The predicted octanol–water partition coefficient (Wildman–Crippen LogP) is 2.79. The maximum absolute atomic E-state index is 12.0. The molecule has 22 heavy (non-hydrogen) atoms. The number of carbonyl (C=O) groups excluding carboxylic acids is 1. The summed E-state index contributed by atoms with van der Waals surface area (Å²) in [7, 11) is 0. The van der Waals surface area contributed by atoms with Gasteiger partial charge in [0.15, 0.2) is 0 Å². The van der Waals surface area contributed by atoms with Gasteiger partial charge in [-0.2, -0.15) is 0 Å². The number of hydrogen-bond donors (Lipinski definition) is 2. The summed E-state index contributed by atoms with van der Waals surface area (Å²) in [5.74, 6) is -0.178. The molecule has 0 spiro atoms. The third kappa shape index (κ3) is 4.04. The number of aromatic nitrogens is 1. The third-order valence-corrected chi connectivity index (χ3v) is 4.09. The highest BCUT2D eigenvalue weighted by molar-refractivity contribution is 7.09. The van der Waals surface area contributed by atoms with Crippen molar-refractivity contribution in [1.82, 2.24) is 10.3 Å². The van der Waals surface area contributed by atoms with E-state index in [1.165, 1.54) is 11.3 Å². The van der Waals surface area contributed by atoms with Gasteiger partial charge in [0.05, 0.1) is 17.7 Å². The Morgan fingerprint density at radius 3 is 2.77 bits per heavy atom. The van der Waals surface area contributed by atoms with E-state index >= 15 is 0 Å². The summed E-state index contributed by atoms with van der Waals surface area (Å²) in [6.45, 7) is 4.34. The molecule has 1 saturated heterocycles. The first-order chi connectivity index (χ1) is 10.2. The van der Waals surface area contributed by atoms with Crippen LogP contribution in [0.15, 0.2) is 29.6 Å². The average molecular weight is 340 g/mol. The number of thiazole rings is 1. The number of anilines is 1. The van der Waals surface area contributed by atoms with E-state index < -0.39 is 0 Å². The van der Waals surface area contributed by atoms with Crippen molar-refractivity contribution in [2.24, 2.45) is 0 Å². The van der Waals surface area contributed by atoms with Crippen molar-refractivity contribution in [3.8, 4) is 0 Å². The fourth-order valence-corrected chi connectivity index (χ4v) is 2.82. The van der Waals surface area contributed by atoms with Crippen LogP contribution in [0.3, 0.4) is 0 Å². The zero-order valence-corrected chi connectivity index (χ0v) is 13.8. The molecule has 1 atom stereocenters. The van der Waals surface area contributed by atoms with Crippen molar-refractivity contribution in [2.45, 2.75) is 13.0 Å². The smallest absolute Gasteiger partial charge is 0.275 e. The number of benzene rings is 1. The van der Waals surface area contributed by atoms with Crippen molar-refractivity contribution in [3.05, 3.63) is 45.9 Å². The zero-order valence-electron chi connectivity index (χ0n) is 12.2. The normalized spacial score (nSPS) is 17.6. The van der Waals surface area contributed by atoms with E-state index in [4.69, 9.17) is 4.74 Å². The van der Waals surface area contributed by atoms with Gasteiger partial charge in [-0.05, 0) is 24.6 Å². The Hall–Kier alpha value is -1.47. The van der Waals surface area contributed by atoms with Gasteiger partial charge in [0, 0.05) is 24.2 Å². The van der Waals surface area contributed by atoms with E-state index in [9.17, 15) is 4.79 Å². The molecule has 5 nitrogen and oxygen atoms in total. The van der Waals surface area contributed by atoms with E-state index in [-0.39, 0.29) is 24.4 Å². The maximum atomic E-state index is 12.0. The van der Waals surface area contributed by atoms with Crippen molar-refractivity contribution in [1.29, 1.82) is 0 Å². The Morgan fingerprint density at radius 1 is 1.41 bits per heavy atom. The first kappa shape index (κ1) is 16.9. The van der Waals surface area contributed by atoms with Crippen LogP contribution in [0.2, 0.25) is 0 Å². The standard InChI is InChI=1S/C15H17N3O2S.ClH/c1-10-17-13(9-21-10)15(19)18-12-4-2-11(3-5-12)14-8-16-6-7-20-14;/h2-5,9,14,16H,6-8H2,1H3,(H,18,19);1H/t14-;/m0./s1. The number of morpholine rings is 1. The first-order valence-electron chi connectivity index (χ1n) is 6.88. The molecular weight excluding hydrogens is 322 g/mol. The second-order valence-corrected chi connectivity index (χ2v) is 5.95. The topological polar surface area (TPSA) is 63.2 Å². The van der Waals surface area contributed by atoms with Crippen molar-refractivity contribution < 1.29 is 9.53 Å². The molecule has 0 unspecified atom stereocenters. The van der Waals surface area contributed by atoms with Crippen molar-refractivity contribution >= 4 is 35.3 Å². The Morgan fingerprint density at radius 2 is 2.18 bits per heavy atom. The van der Waals surface area contributed by atoms with Crippen LogP contribution in [0.1, 0.15) is 27.2 Å². The molecule has 1 aliphatic heterocycles. The van der Waals surface area contributed by atoms with Crippen molar-refractivity contribution in [3.63, 3.8) is 0 Å². The molecule has 2 heterocycles. The first-order valence-corrected chi connectivity index (χ1v) is 7.76. The highest BCUT2D eigenvalue weighted by atomic mass is 35.5. The summed E-state index contributed by atoms with van der Waals surface area (Å²) in [6.07, 6.45) is 0.0877. The van der Waals surface area contributed by atoms with Crippen LogP contribution in [0, 0.1) is 6.92 Å². The number of hydrogen-bond acceptors (Lipinski definition) is 5. The Kier molecular flexibility index (Phi) is 5.90. The molecule has 2 aromatic rings. The number of ether oxygens (including phenoxy) is 1. The lowest BCUT2D eigenvalue weighted by atomic mass is 10.1. The molecule has 0 bridgehead atoms. The number of amides is 1. The highest BCUT2D eigenvalue weighted by Crippen LogP contribution is 2.21. The van der Waals surface area contributed by atoms with Gasteiger partial charge < -0.3 is 15.4 Å². The lowest BCUT2D eigenvalue weighted by Crippen LogP contribution is -2.33. The summed E-state index contributed by atoms with van der Waals surface area (Å²) >= 11 is 1.47. The Labute approximate surface area is 139 Å². The number of aryl methyl sites for hydroxylation is 1. The summed E-state index contributed by atoms with van der Waals surface area (Å²) in [6, 6.07) is 7.76. The molecule has 1 aromatic carbocycles. The van der Waals surface area contributed by atoms with Crippen LogP contribution in [-0.2, 0) is 4.74 Å². The average Bonchev–Trinajstić information content (AvgIpc) is 2.96. The monoisotopic (exact) mass is 339 g/mol. The molecule has 1 aliphatic rings. The minimum absolute atomic E-state index is 0. The predicted molar refractivity (Wildman–Crippen MR) is 90.1 cm³/mol. The van der Waals surface area contributed by atoms with Gasteiger partial charge >= 0.3 is 0 Å². The second kappa shape index (κ2) is 7.69. The molecule has 118 valence electrons. The van der Waals surface area contributed by atoms with Crippen LogP contribution in [-0.4, -0.2) is 30.6 Å². The molecule has 3 rings (SSSR count). The quantitative estimate of drug-likeness (QED) is 0.902. The van der Waals surface area contributed by atoms with E-state index in [0.717, 1.165) is 36.0 Å². The number of halogens is 1.